The highest BCUT2D eigenvalue weighted by atomic mass is 127. The molecule has 0 radical (unpaired) electrons. The molecule has 1 aromatic rings. The van der Waals surface area contributed by atoms with Crippen molar-refractivity contribution in [3.05, 3.63) is 17.5 Å². The minimum absolute atomic E-state index is 0. The number of rotatable bonds is 7. The summed E-state index contributed by atoms with van der Waals surface area (Å²) in [6, 6.07) is 2.53. The zero-order valence-electron chi connectivity index (χ0n) is 15.2. The van der Waals surface area contributed by atoms with Gasteiger partial charge in [0.15, 0.2) is 11.7 Å². The molecule has 1 aliphatic rings. The minimum Gasteiger partial charge on any atom is -0.359 e. The van der Waals surface area contributed by atoms with Gasteiger partial charge in [-0.2, -0.15) is 11.8 Å². The van der Waals surface area contributed by atoms with Crippen LogP contribution in [0.25, 0.3) is 0 Å². The van der Waals surface area contributed by atoms with Crippen LogP contribution in [0.2, 0.25) is 0 Å². The molecule has 0 aromatic carbocycles. The molecule has 1 aliphatic carbocycles. The first kappa shape index (κ1) is 21.6. The van der Waals surface area contributed by atoms with E-state index in [0.29, 0.717) is 18.5 Å². The monoisotopic (exact) mass is 466 g/mol. The van der Waals surface area contributed by atoms with Crippen molar-refractivity contribution in [3.8, 4) is 0 Å². The molecule has 0 spiro atoms. The quantitative estimate of drug-likeness (QED) is 0.359. The maximum absolute atomic E-state index is 5.36. The Kier molecular flexibility index (Phi) is 10.1. The number of nitrogens with zero attached hydrogens (tertiary/aromatic N) is 2. The van der Waals surface area contributed by atoms with Crippen molar-refractivity contribution < 1.29 is 4.52 Å². The molecule has 2 N–H and O–H groups in total. The highest BCUT2D eigenvalue weighted by molar-refractivity contribution is 14.0. The third kappa shape index (κ3) is 6.82. The van der Waals surface area contributed by atoms with E-state index in [-0.39, 0.29) is 24.0 Å². The predicted octanol–water partition coefficient (Wildman–Crippen LogP) is 4.15. The summed E-state index contributed by atoms with van der Waals surface area (Å²) in [6.45, 7) is 9.93. The SMILES string of the molecule is CCNC(=NCc1cc(C(C)C)no1)NC1CCC(SCC)C1.I. The standard InChI is InChI=1S/C17H30N4OS.HI/c1-5-18-17(20-13-7-8-15(9-13)23-6-2)19-11-14-10-16(12(3)4)21-22-14;/h10,12-13,15H,5-9,11H2,1-4H3,(H2,18,19,20);1H. The minimum atomic E-state index is 0. The highest BCUT2D eigenvalue weighted by Crippen LogP contribution is 2.29. The predicted molar refractivity (Wildman–Crippen MR) is 114 cm³/mol. The number of hydrogen-bond donors (Lipinski definition) is 2. The van der Waals surface area contributed by atoms with Gasteiger partial charge in [0.25, 0.3) is 0 Å². The van der Waals surface area contributed by atoms with Crippen LogP contribution < -0.4 is 10.6 Å². The first-order valence-electron chi connectivity index (χ1n) is 8.74. The first-order chi connectivity index (χ1) is 11.1. The molecule has 1 saturated carbocycles. The van der Waals surface area contributed by atoms with E-state index in [9.17, 15) is 0 Å². The van der Waals surface area contributed by atoms with Gasteiger partial charge in [-0.05, 0) is 37.9 Å². The molecule has 0 saturated heterocycles. The summed E-state index contributed by atoms with van der Waals surface area (Å²) in [5.74, 6) is 3.28. The summed E-state index contributed by atoms with van der Waals surface area (Å²) in [6.07, 6.45) is 3.75. The van der Waals surface area contributed by atoms with E-state index in [1.807, 2.05) is 6.07 Å². The average Bonchev–Trinajstić information content (AvgIpc) is 3.15. The number of thioether (sulfide) groups is 1. The maximum atomic E-state index is 5.36. The number of nitrogens with one attached hydrogen (secondary N) is 2. The van der Waals surface area contributed by atoms with Gasteiger partial charge in [-0.1, -0.05) is 25.9 Å². The lowest BCUT2D eigenvalue weighted by molar-refractivity contribution is 0.376. The van der Waals surface area contributed by atoms with Crippen LogP contribution in [0.4, 0.5) is 0 Å². The molecule has 1 heterocycles. The molecule has 5 nitrogen and oxygen atoms in total. The van der Waals surface area contributed by atoms with Crippen molar-refractivity contribution in [1.29, 1.82) is 0 Å². The lowest BCUT2D eigenvalue weighted by Crippen LogP contribution is -2.42. The van der Waals surface area contributed by atoms with Gasteiger partial charge in [0.1, 0.15) is 6.54 Å². The second kappa shape index (κ2) is 11.2. The van der Waals surface area contributed by atoms with Crippen LogP contribution in [0.3, 0.4) is 0 Å². The van der Waals surface area contributed by atoms with Gasteiger partial charge >= 0.3 is 0 Å². The molecular formula is C17H31IN4OS. The summed E-state index contributed by atoms with van der Waals surface area (Å²) in [7, 11) is 0. The molecule has 1 aromatic heterocycles. The normalized spacial score (nSPS) is 21.0. The average molecular weight is 466 g/mol. The van der Waals surface area contributed by atoms with Crippen LogP contribution in [-0.2, 0) is 6.54 Å². The molecule has 2 rings (SSSR count). The smallest absolute Gasteiger partial charge is 0.191 e. The molecule has 138 valence electrons. The molecule has 24 heavy (non-hydrogen) atoms. The fourth-order valence-electron chi connectivity index (χ4n) is 2.80. The Balaban J connectivity index is 0.00000288. The second-order valence-electron chi connectivity index (χ2n) is 6.30. The second-order valence-corrected chi connectivity index (χ2v) is 7.88. The summed E-state index contributed by atoms with van der Waals surface area (Å²) < 4.78 is 5.36. The van der Waals surface area contributed by atoms with Crippen molar-refractivity contribution in [2.75, 3.05) is 12.3 Å². The Hall–Kier alpha value is -0.440. The van der Waals surface area contributed by atoms with Gasteiger partial charge in [-0.15, -0.1) is 24.0 Å². The van der Waals surface area contributed by atoms with Crippen molar-refractivity contribution >= 4 is 41.7 Å². The van der Waals surface area contributed by atoms with E-state index >= 15 is 0 Å². The van der Waals surface area contributed by atoms with Gasteiger partial charge in [0, 0.05) is 23.9 Å². The Bertz CT molecular complexity index is 507. The fourth-order valence-corrected chi connectivity index (χ4v) is 3.95. The topological polar surface area (TPSA) is 62.5 Å². The Morgan fingerprint density at radius 2 is 2.21 bits per heavy atom. The Morgan fingerprint density at radius 3 is 2.83 bits per heavy atom. The van der Waals surface area contributed by atoms with Crippen LogP contribution >= 0.6 is 35.7 Å². The van der Waals surface area contributed by atoms with Crippen LogP contribution in [0, 0.1) is 0 Å². The third-order valence-electron chi connectivity index (χ3n) is 4.03. The van der Waals surface area contributed by atoms with E-state index in [4.69, 9.17) is 4.52 Å². The summed E-state index contributed by atoms with van der Waals surface area (Å²) in [4.78, 5) is 4.64. The van der Waals surface area contributed by atoms with Crippen molar-refractivity contribution in [1.82, 2.24) is 15.8 Å². The highest BCUT2D eigenvalue weighted by Gasteiger charge is 2.25. The number of hydrogen-bond acceptors (Lipinski definition) is 4. The van der Waals surface area contributed by atoms with E-state index in [1.165, 1.54) is 25.0 Å². The van der Waals surface area contributed by atoms with Gasteiger partial charge in [0.05, 0.1) is 5.69 Å². The van der Waals surface area contributed by atoms with Crippen molar-refractivity contribution in [2.24, 2.45) is 4.99 Å². The lowest BCUT2D eigenvalue weighted by atomic mass is 10.1. The van der Waals surface area contributed by atoms with E-state index < -0.39 is 0 Å². The summed E-state index contributed by atoms with van der Waals surface area (Å²) >= 11 is 2.08. The lowest BCUT2D eigenvalue weighted by Gasteiger charge is -2.17. The molecule has 0 aliphatic heterocycles. The molecule has 0 bridgehead atoms. The van der Waals surface area contributed by atoms with Crippen molar-refractivity contribution in [2.45, 2.75) is 70.7 Å². The largest absolute Gasteiger partial charge is 0.359 e. The third-order valence-corrected chi connectivity index (χ3v) is 5.27. The number of halogens is 1. The summed E-state index contributed by atoms with van der Waals surface area (Å²) in [5, 5.41) is 11.8. The van der Waals surface area contributed by atoms with E-state index in [0.717, 1.165) is 29.2 Å². The molecule has 2 unspecified atom stereocenters. The van der Waals surface area contributed by atoms with Crippen LogP contribution in [-0.4, -0.2) is 34.7 Å². The maximum Gasteiger partial charge on any atom is 0.191 e. The van der Waals surface area contributed by atoms with Crippen LogP contribution in [0.5, 0.6) is 0 Å². The van der Waals surface area contributed by atoms with Crippen LogP contribution in [0.1, 0.15) is 64.3 Å². The molecule has 1 fully saturated rings. The molecule has 2 atom stereocenters. The first-order valence-corrected chi connectivity index (χ1v) is 9.79. The van der Waals surface area contributed by atoms with E-state index in [2.05, 4.69) is 60.2 Å². The van der Waals surface area contributed by atoms with Gasteiger partial charge in [-0.3, -0.25) is 0 Å². The Morgan fingerprint density at radius 1 is 1.42 bits per heavy atom. The van der Waals surface area contributed by atoms with Gasteiger partial charge < -0.3 is 15.2 Å². The van der Waals surface area contributed by atoms with Crippen molar-refractivity contribution in [3.63, 3.8) is 0 Å². The van der Waals surface area contributed by atoms with Crippen LogP contribution in [0.15, 0.2) is 15.6 Å². The number of aromatic nitrogens is 1. The molecule has 7 heteroatoms. The fraction of sp³-hybridized carbons (Fsp3) is 0.765. The number of aliphatic imine (C=N–C) groups is 1. The summed E-state index contributed by atoms with van der Waals surface area (Å²) in [5.41, 5.74) is 0.989. The zero-order valence-corrected chi connectivity index (χ0v) is 18.3. The van der Waals surface area contributed by atoms with Gasteiger partial charge in [0.2, 0.25) is 0 Å². The number of guanidine groups is 1. The zero-order chi connectivity index (χ0) is 16.7. The van der Waals surface area contributed by atoms with E-state index in [1.54, 1.807) is 0 Å². The van der Waals surface area contributed by atoms with Gasteiger partial charge in [-0.25, -0.2) is 4.99 Å². The molecular weight excluding hydrogens is 435 g/mol. The molecule has 0 amide bonds. The Labute approximate surface area is 167 Å².